The van der Waals surface area contributed by atoms with Crippen LogP contribution in [0.15, 0.2) is 24.3 Å². The normalized spacial score (nSPS) is 19.3. The molecule has 0 saturated carbocycles. The van der Waals surface area contributed by atoms with Crippen LogP contribution in [0, 0.1) is 11.7 Å². The van der Waals surface area contributed by atoms with Gasteiger partial charge in [0.1, 0.15) is 5.82 Å². The van der Waals surface area contributed by atoms with Gasteiger partial charge in [-0.3, -0.25) is 9.69 Å². The minimum absolute atomic E-state index is 0.186. The topological polar surface area (TPSA) is 40.5 Å². The minimum atomic E-state index is -0.696. The molecular weight excluding hydrogens is 245 g/mol. The highest BCUT2D eigenvalue weighted by Crippen LogP contribution is 2.29. The fourth-order valence-corrected chi connectivity index (χ4v) is 2.88. The average Bonchev–Trinajstić information content (AvgIpc) is 2.40. The molecule has 3 nitrogen and oxygen atoms in total. The number of carboxylic acid groups (broad SMARTS) is 1. The number of carboxylic acids is 1. The zero-order chi connectivity index (χ0) is 13.8. The van der Waals surface area contributed by atoms with Crippen molar-refractivity contribution in [2.45, 2.75) is 32.2 Å². The smallest absolute Gasteiger partial charge is 0.306 e. The van der Waals surface area contributed by atoms with Crippen LogP contribution in [0.4, 0.5) is 4.39 Å². The van der Waals surface area contributed by atoms with Crippen molar-refractivity contribution in [2.75, 3.05) is 13.1 Å². The lowest BCUT2D eigenvalue weighted by atomic mass is 9.93. The number of carbonyl (C=O) groups is 1. The van der Waals surface area contributed by atoms with Crippen LogP contribution >= 0.6 is 0 Å². The molecular formula is C15H20FNO2. The lowest BCUT2D eigenvalue weighted by Gasteiger charge is -2.36. The molecule has 0 amide bonds. The Hall–Kier alpha value is -1.42. The van der Waals surface area contributed by atoms with E-state index in [0.717, 1.165) is 25.1 Å². The second-order valence-corrected chi connectivity index (χ2v) is 5.13. The van der Waals surface area contributed by atoms with Crippen molar-refractivity contribution in [1.29, 1.82) is 0 Å². The second kappa shape index (κ2) is 6.15. The molecule has 2 rings (SSSR count). The molecule has 1 aliphatic rings. The zero-order valence-corrected chi connectivity index (χ0v) is 11.2. The van der Waals surface area contributed by atoms with Crippen molar-refractivity contribution < 1.29 is 14.3 Å². The Morgan fingerprint density at radius 3 is 2.68 bits per heavy atom. The van der Waals surface area contributed by atoms with E-state index in [0.29, 0.717) is 12.8 Å². The first kappa shape index (κ1) is 14.0. The molecule has 1 saturated heterocycles. The van der Waals surface area contributed by atoms with E-state index in [2.05, 4.69) is 11.8 Å². The van der Waals surface area contributed by atoms with E-state index in [4.69, 9.17) is 5.11 Å². The third kappa shape index (κ3) is 3.32. The SMILES string of the molecule is CCC(c1cccc(F)c1)N1CCC(C(=O)O)CC1. The van der Waals surface area contributed by atoms with Crippen molar-refractivity contribution in [1.82, 2.24) is 4.90 Å². The lowest BCUT2D eigenvalue weighted by Crippen LogP contribution is -2.38. The summed E-state index contributed by atoms with van der Waals surface area (Å²) in [6.45, 7) is 3.62. The van der Waals surface area contributed by atoms with Crippen LogP contribution in [-0.2, 0) is 4.79 Å². The van der Waals surface area contributed by atoms with Gasteiger partial charge in [-0.25, -0.2) is 4.39 Å². The molecule has 1 aromatic rings. The largest absolute Gasteiger partial charge is 0.481 e. The first-order valence-corrected chi connectivity index (χ1v) is 6.84. The molecule has 1 fully saturated rings. The fraction of sp³-hybridized carbons (Fsp3) is 0.533. The third-order valence-corrected chi connectivity index (χ3v) is 3.94. The molecule has 1 aliphatic heterocycles. The van der Waals surface area contributed by atoms with Gasteiger partial charge in [0, 0.05) is 6.04 Å². The van der Waals surface area contributed by atoms with Gasteiger partial charge in [-0.05, 0) is 50.0 Å². The first-order valence-electron chi connectivity index (χ1n) is 6.84. The quantitative estimate of drug-likeness (QED) is 0.909. The molecule has 1 heterocycles. The van der Waals surface area contributed by atoms with Crippen molar-refractivity contribution in [2.24, 2.45) is 5.92 Å². The van der Waals surface area contributed by atoms with Crippen LogP contribution < -0.4 is 0 Å². The number of hydrogen-bond acceptors (Lipinski definition) is 2. The van der Waals surface area contributed by atoms with Crippen LogP contribution in [0.3, 0.4) is 0 Å². The molecule has 0 aromatic heterocycles. The Morgan fingerprint density at radius 1 is 1.47 bits per heavy atom. The van der Waals surface area contributed by atoms with Gasteiger partial charge in [-0.2, -0.15) is 0 Å². The van der Waals surface area contributed by atoms with Crippen molar-refractivity contribution in [3.05, 3.63) is 35.6 Å². The van der Waals surface area contributed by atoms with Gasteiger partial charge < -0.3 is 5.11 Å². The van der Waals surface area contributed by atoms with Crippen LogP contribution in [0.1, 0.15) is 37.8 Å². The molecule has 0 aliphatic carbocycles. The Bertz CT molecular complexity index is 442. The molecule has 1 atom stereocenters. The molecule has 1 N–H and O–H groups in total. The number of nitrogens with zero attached hydrogens (tertiary/aromatic N) is 1. The van der Waals surface area contributed by atoms with Crippen LogP contribution in [-0.4, -0.2) is 29.1 Å². The summed E-state index contributed by atoms with van der Waals surface area (Å²) in [6.07, 6.45) is 2.27. The van der Waals surface area contributed by atoms with E-state index >= 15 is 0 Å². The Labute approximate surface area is 113 Å². The van der Waals surface area contributed by atoms with E-state index in [1.807, 2.05) is 6.07 Å². The fourth-order valence-electron chi connectivity index (χ4n) is 2.88. The predicted molar refractivity (Wildman–Crippen MR) is 71.4 cm³/mol. The van der Waals surface area contributed by atoms with Gasteiger partial charge in [-0.15, -0.1) is 0 Å². The summed E-state index contributed by atoms with van der Waals surface area (Å²) in [5, 5.41) is 9.01. The highest BCUT2D eigenvalue weighted by atomic mass is 19.1. The maximum absolute atomic E-state index is 13.3. The average molecular weight is 265 g/mol. The molecule has 19 heavy (non-hydrogen) atoms. The Balaban J connectivity index is 2.05. The number of benzene rings is 1. The van der Waals surface area contributed by atoms with E-state index in [1.54, 1.807) is 12.1 Å². The maximum Gasteiger partial charge on any atom is 0.306 e. The summed E-state index contributed by atoms with van der Waals surface area (Å²) in [6, 6.07) is 6.90. The Morgan fingerprint density at radius 2 is 2.16 bits per heavy atom. The second-order valence-electron chi connectivity index (χ2n) is 5.13. The van der Waals surface area contributed by atoms with Crippen molar-refractivity contribution in [3.63, 3.8) is 0 Å². The minimum Gasteiger partial charge on any atom is -0.481 e. The summed E-state index contributed by atoms with van der Waals surface area (Å²) in [5.74, 6) is -1.13. The highest BCUT2D eigenvalue weighted by Gasteiger charge is 2.28. The van der Waals surface area contributed by atoms with E-state index in [-0.39, 0.29) is 17.8 Å². The van der Waals surface area contributed by atoms with Crippen LogP contribution in [0.2, 0.25) is 0 Å². The van der Waals surface area contributed by atoms with Gasteiger partial charge >= 0.3 is 5.97 Å². The molecule has 0 radical (unpaired) electrons. The molecule has 104 valence electrons. The predicted octanol–water partition coefficient (Wildman–Crippen LogP) is 3.07. The highest BCUT2D eigenvalue weighted by molar-refractivity contribution is 5.70. The summed E-state index contributed by atoms with van der Waals surface area (Å²) in [5.41, 5.74) is 0.983. The van der Waals surface area contributed by atoms with Gasteiger partial charge in [-0.1, -0.05) is 19.1 Å². The van der Waals surface area contributed by atoms with Crippen LogP contribution in [0.25, 0.3) is 0 Å². The van der Waals surface area contributed by atoms with Gasteiger partial charge in [0.15, 0.2) is 0 Å². The number of aliphatic carboxylic acids is 1. The van der Waals surface area contributed by atoms with Crippen molar-refractivity contribution in [3.8, 4) is 0 Å². The van der Waals surface area contributed by atoms with Gasteiger partial charge in [0.05, 0.1) is 5.92 Å². The van der Waals surface area contributed by atoms with E-state index in [9.17, 15) is 9.18 Å². The zero-order valence-electron chi connectivity index (χ0n) is 11.2. The molecule has 4 heteroatoms. The Kier molecular flexibility index (Phi) is 4.53. The number of rotatable bonds is 4. The first-order chi connectivity index (χ1) is 9.11. The summed E-state index contributed by atoms with van der Waals surface area (Å²) >= 11 is 0. The third-order valence-electron chi connectivity index (χ3n) is 3.94. The standard InChI is InChI=1S/C15H20FNO2/c1-2-14(12-4-3-5-13(16)10-12)17-8-6-11(7-9-17)15(18)19/h3-5,10-11,14H,2,6-9H2,1H3,(H,18,19). The number of halogens is 1. The van der Waals surface area contributed by atoms with Gasteiger partial charge in [0.25, 0.3) is 0 Å². The van der Waals surface area contributed by atoms with Crippen LogP contribution in [0.5, 0.6) is 0 Å². The number of hydrogen-bond donors (Lipinski definition) is 1. The summed E-state index contributed by atoms with van der Waals surface area (Å²) in [7, 11) is 0. The van der Waals surface area contributed by atoms with E-state index in [1.165, 1.54) is 6.07 Å². The molecule has 1 unspecified atom stereocenters. The van der Waals surface area contributed by atoms with E-state index < -0.39 is 5.97 Å². The van der Waals surface area contributed by atoms with Crippen molar-refractivity contribution >= 4 is 5.97 Å². The summed E-state index contributed by atoms with van der Waals surface area (Å²) < 4.78 is 13.3. The monoisotopic (exact) mass is 265 g/mol. The van der Waals surface area contributed by atoms with Gasteiger partial charge in [0.2, 0.25) is 0 Å². The molecule has 1 aromatic carbocycles. The number of likely N-dealkylation sites (tertiary alicyclic amines) is 1. The number of piperidine rings is 1. The lowest BCUT2D eigenvalue weighted by molar-refractivity contribution is -0.143. The maximum atomic E-state index is 13.3. The molecule has 0 spiro atoms. The molecule has 0 bridgehead atoms. The summed E-state index contributed by atoms with van der Waals surface area (Å²) in [4.78, 5) is 13.2.